The van der Waals surface area contributed by atoms with Crippen LogP contribution in [0.2, 0.25) is 0 Å². The summed E-state index contributed by atoms with van der Waals surface area (Å²) < 4.78 is 2.07. The predicted molar refractivity (Wildman–Crippen MR) is 64.9 cm³/mol. The summed E-state index contributed by atoms with van der Waals surface area (Å²) in [6, 6.07) is 6.12. The highest BCUT2D eigenvalue weighted by molar-refractivity contribution is 5.80. The molecule has 0 aromatic carbocycles. The SMILES string of the molecule is Cc1cccc2nc(C3CC(=O)CCN3)cn12. The number of Topliss-reactive ketones (excluding diaryl/α,β-unsaturated/α-hetero) is 1. The van der Waals surface area contributed by atoms with Gasteiger partial charge in [-0.05, 0) is 19.1 Å². The maximum absolute atomic E-state index is 11.5. The monoisotopic (exact) mass is 229 g/mol. The Bertz CT molecular complexity index is 573. The van der Waals surface area contributed by atoms with E-state index in [1.54, 1.807) is 0 Å². The first-order valence-corrected chi connectivity index (χ1v) is 5.94. The van der Waals surface area contributed by atoms with Crippen LogP contribution in [0.4, 0.5) is 0 Å². The number of piperidine rings is 1. The molecule has 1 aliphatic rings. The van der Waals surface area contributed by atoms with Crippen LogP contribution in [0.25, 0.3) is 5.65 Å². The number of pyridine rings is 1. The minimum Gasteiger partial charge on any atom is -0.308 e. The molecule has 1 N–H and O–H groups in total. The zero-order valence-electron chi connectivity index (χ0n) is 9.81. The largest absolute Gasteiger partial charge is 0.308 e. The molecule has 1 aliphatic heterocycles. The Morgan fingerprint density at radius 3 is 3.12 bits per heavy atom. The van der Waals surface area contributed by atoms with Gasteiger partial charge in [-0.25, -0.2) is 4.98 Å². The Balaban J connectivity index is 2.00. The van der Waals surface area contributed by atoms with E-state index in [9.17, 15) is 4.79 Å². The number of hydrogen-bond donors (Lipinski definition) is 1. The molecule has 0 bridgehead atoms. The first kappa shape index (κ1) is 10.5. The van der Waals surface area contributed by atoms with Gasteiger partial charge in [0.25, 0.3) is 0 Å². The van der Waals surface area contributed by atoms with Gasteiger partial charge in [-0.3, -0.25) is 4.79 Å². The maximum Gasteiger partial charge on any atom is 0.137 e. The number of ketones is 1. The third kappa shape index (κ3) is 1.85. The summed E-state index contributed by atoms with van der Waals surface area (Å²) in [4.78, 5) is 16.0. The molecule has 1 atom stereocenters. The molecule has 0 saturated carbocycles. The molecule has 4 heteroatoms. The Kier molecular flexibility index (Phi) is 2.44. The Morgan fingerprint density at radius 1 is 1.47 bits per heavy atom. The van der Waals surface area contributed by atoms with Gasteiger partial charge in [-0.15, -0.1) is 0 Å². The van der Waals surface area contributed by atoms with Crippen LogP contribution in [0.5, 0.6) is 0 Å². The molecule has 1 unspecified atom stereocenters. The van der Waals surface area contributed by atoms with Crippen LogP contribution in [0, 0.1) is 6.92 Å². The van der Waals surface area contributed by atoms with Crippen molar-refractivity contribution in [1.82, 2.24) is 14.7 Å². The molecule has 1 fully saturated rings. The van der Waals surface area contributed by atoms with Gasteiger partial charge in [0.1, 0.15) is 11.4 Å². The molecule has 2 aromatic heterocycles. The van der Waals surface area contributed by atoms with Crippen molar-refractivity contribution in [3.8, 4) is 0 Å². The van der Waals surface area contributed by atoms with Crippen LogP contribution in [-0.2, 0) is 4.79 Å². The number of nitrogens with zero attached hydrogens (tertiary/aromatic N) is 2. The number of imidazole rings is 1. The normalized spacial score (nSPS) is 21.0. The predicted octanol–water partition coefficient (Wildman–Crippen LogP) is 1.64. The van der Waals surface area contributed by atoms with Crippen LogP contribution in [0.15, 0.2) is 24.4 Å². The zero-order valence-corrected chi connectivity index (χ0v) is 9.81. The average Bonchev–Trinajstić information content (AvgIpc) is 2.74. The van der Waals surface area contributed by atoms with E-state index in [1.165, 1.54) is 0 Å². The third-order valence-electron chi connectivity index (χ3n) is 3.30. The lowest BCUT2D eigenvalue weighted by atomic mass is 10.0. The first-order chi connectivity index (χ1) is 8.24. The molecular weight excluding hydrogens is 214 g/mol. The fourth-order valence-corrected chi connectivity index (χ4v) is 2.33. The molecule has 3 rings (SSSR count). The number of fused-ring (bicyclic) bond motifs is 1. The second-order valence-corrected chi connectivity index (χ2v) is 4.56. The molecule has 0 aliphatic carbocycles. The summed E-state index contributed by atoms with van der Waals surface area (Å²) >= 11 is 0. The Hall–Kier alpha value is -1.68. The van der Waals surface area contributed by atoms with Gasteiger partial charge in [0.05, 0.1) is 11.7 Å². The van der Waals surface area contributed by atoms with E-state index in [-0.39, 0.29) is 6.04 Å². The number of aryl methyl sites for hydroxylation is 1. The lowest BCUT2D eigenvalue weighted by Gasteiger charge is -2.20. The van der Waals surface area contributed by atoms with Gasteiger partial charge >= 0.3 is 0 Å². The van der Waals surface area contributed by atoms with Crippen molar-refractivity contribution < 1.29 is 4.79 Å². The number of carbonyl (C=O) groups is 1. The van der Waals surface area contributed by atoms with E-state index in [0.29, 0.717) is 18.6 Å². The fourth-order valence-electron chi connectivity index (χ4n) is 2.33. The van der Waals surface area contributed by atoms with Gasteiger partial charge in [0, 0.05) is 31.3 Å². The van der Waals surface area contributed by atoms with Crippen LogP contribution in [0.3, 0.4) is 0 Å². The minimum absolute atomic E-state index is 0.0792. The quantitative estimate of drug-likeness (QED) is 0.808. The topological polar surface area (TPSA) is 46.4 Å². The van der Waals surface area contributed by atoms with Gasteiger partial charge < -0.3 is 9.72 Å². The molecule has 3 heterocycles. The molecule has 4 nitrogen and oxygen atoms in total. The van der Waals surface area contributed by atoms with E-state index in [4.69, 9.17) is 0 Å². The Morgan fingerprint density at radius 2 is 2.35 bits per heavy atom. The zero-order chi connectivity index (χ0) is 11.8. The van der Waals surface area contributed by atoms with Crippen molar-refractivity contribution in [2.24, 2.45) is 0 Å². The molecular formula is C13H15N3O. The highest BCUT2D eigenvalue weighted by atomic mass is 16.1. The average molecular weight is 229 g/mol. The van der Waals surface area contributed by atoms with Gasteiger partial charge in [-0.1, -0.05) is 6.07 Å². The molecule has 17 heavy (non-hydrogen) atoms. The summed E-state index contributed by atoms with van der Waals surface area (Å²) in [7, 11) is 0. The van der Waals surface area contributed by atoms with Crippen molar-refractivity contribution >= 4 is 11.4 Å². The number of nitrogens with one attached hydrogen (secondary N) is 1. The number of aromatic nitrogens is 2. The van der Waals surface area contributed by atoms with Crippen molar-refractivity contribution in [1.29, 1.82) is 0 Å². The highest BCUT2D eigenvalue weighted by Gasteiger charge is 2.22. The van der Waals surface area contributed by atoms with E-state index in [2.05, 4.69) is 27.7 Å². The van der Waals surface area contributed by atoms with Crippen molar-refractivity contribution in [2.75, 3.05) is 6.54 Å². The standard InChI is InChI=1S/C13H15N3O/c1-9-3-2-4-13-15-12(8-16(9)13)11-7-10(17)5-6-14-11/h2-4,8,11,14H,5-7H2,1H3. The number of carbonyl (C=O) groups excluding carboxylic acids is 1. The maximum atomic E-state index is 11.5. The Labute approximate surface area is 99.7 Å². The first-order valence-electron chi connectivity index (χ1n) is 5.94. The van der Waals surface area contributed by atoms with E-state index in [0.717, 1.165) is 23.6 Å². The smallest absolute Gasteiger partial charge is 0.137 e. The lowest BCUT2D eigenvalue weighted by molar-refractivity contribution is -0.120. The van der Waals surface area contributed by atoms with Gasteiger partial charge in [-0.2, -0.15) is 0 Å². The van der Waals surface area contributed by atoms with E-state index >= 15 is 0 Å². The van der Waals surface area contributed by atoms with Crippen LogP contribution in [0.1, 0.15) is 30.3 Å². The summed E-state index contributed by atoms with van der Waals surface area (Å²) in [5.74, 6) is 0.322. The second kappa shape index (κ2) is 3.96. The van der Waals surface area contributed by atoms with Crippen LogP contribution < -0.4 is 5.32 Å². The lowest BCUT2D eigenvalue weighted by Crippen LogP contribution is -2.32. The molecule has 2 aromatic rings. The van der Waals surface area contributed by atoms with Crippen LogP contribution in [-0.4, -0.2) is 21.7 Å². The number of rotatable bonds is 1. The molecule has 0 spiro atoms. The number of hydrogen-bond acceptors (Lipinski definition) is 3. The minimum atomic E-state index is 0.0792. The van der Waals surface area contributed by atoms with Gasteiger partial charge in [0.2, 0.25) is 0 Å². The van der Waals surface area contributed by atoms with E-state index < -0.39 is 0 Å². The van der Waals surface area contributed by atoms with Crippen LogP contribution >= 0.6 is 0 Å². The van der Waals surface area contributed by atoms with Gasteiger partial charge in [0.15, 0.2) is 0 Å². The van der Waals surface area contributed by atoms with Crippen molar-refractivity contribution in [3.63, 3.8) is 0 Å². The summed E-state index contributed by atoms with van der Waals surface area (Å²) in [6.07, 6.45) is 3.23. The molecule has 1 saturated heterocycles. The summed E-state index contributed by atoms with van der Waals surface area (Å²) in [5.41, 5.74) is 3.07. The second-order valence-electron chi connectivity index (χ2n) is 4.56. The van der Waals surface area contributed by atoms with Crippen molar-refractivity contribution in [3.05, 3.63) is 35.8 Å². The summed E-state index contributed by atoms with van der Waals surface area (Å²) in [6.45, 7) is 2.81. The molecule has 88 valence electrons. The van der Waals surface area contributed by atoms with Crippen molar-refractivity contribution in [2.45, 2.75) is 25.8 Å². The van der Waals surface area contributed by atoms with E-state index in [1.807, 2.05) is 18.3 Å². The molecule has 0 amide bonds. The third-order valence-corrected chi connectivity index (χ3v) is 3.30. The molecule has 0 radical (unpaired) electrons. The highest BCUT2D eigenvalue weighted by Crippen LogP contribution is 2.21. The fraction of sp³-hybridized carbons (Fsp3) is 0.385. The summed E-state index contributed by atoms with van der Waals surface area (Å²) in [5, 5.41) is 3.35.